The summed E-state index contributed by atoms with van der Waals surface area (Å²) in [4.78, 5) is 25.4. The van der Waals surface area contributed by atoms with Gasteiger partial charge in [-0.1, -0.05) is 35.9 Å². The number of likely N-dealkylation sites (tertiary alicyclic amines) is 1. The first kappa shape index (κ1) is 25.0. The van der Waals surface area contributed by atoms with Crippen LogP contribution in [0.1, 0.15) is 37.7 Å². The van der Waals surface area contributed by atoms with Gasteiger partial charge in [-0.3, -0.25) is 4.79 Å². The topological polar surface area (TPSA) is 70.7 Å². The normalized spacial score (nSPS) is 18.3. The van der Waals surface area contributed by atoms with Crippen LogP contribution < -0.4 is 15.4 Å². The Hall–Kier alpha value is -2.64. The van der Waals surface area contributed by atoms with E-state index in [0.717, 1.165) is 50.5 Å². The van der Waals surface area contributed by atoms with Gasteiger partial charge in [0, 0.05) is 36.5 Å². The van der Waals surface area contributed by atoms with Gasteiger partial charge in [-0.2, -0.15) is 0 Å². The lowest BCUT2D eigenvalue weighted by molar-refractivity contribution is -0.135. The van der Waals surface area contributed by atoms with Crippen molar-refractivity contribution in [1.82, 2.24) is 15.5 Å². The van der Waals surface area contributed by atoms with Gasteiger partial charge in [0.1, 0.15) is 0 Å². The van der Waals surface area contributed by atoms with Gasteiger partial charge in [-0.05, 0) is 69.1 Å². The molecule has 2 heterocycles. The zero-order valence-electron chi connectivity index (χ0n) is 18.9. The van der Waals surface area contributed by atoms with E-state index in [1.165, 1.54) is 23.8 Å². The molecule has 0 unspecified atom stereocenters. The van der Waals surface area contributed by atoms with Gasteiger partial charge in [0.15, 0.2) is 11.6 Å². The molecular weight excluding hydrogens is 445 g/mol. The molecule has 2 fully saturated rings. The number of para-hydroxylation sites is 1. The van der Waals surface area contributed by atoms with Crippen LogP contribution in [0.4, 0.5) is 9.18 Å². The zero-order chi connectivity index (χ0) is 23.6. The van der Waals surface area contributed by atoms with E-state index in [0.29, 0.717) is 18.4 Å². The molecule has 0 saturated carbocycles. The van der Waals surface area contributed by atoms with Crippen LogP contribution in [0, 0.1) is 11.7 Å². The highest BCUT2D eigenvalue weighted by atomic mass is 35.5. The van der Waals surface area contributed by atoms with Crippen molar-refractivity contribution in [3.8, 4) is 5.75 Å². The molecule has 178 valence electrons. The minimum atomic E-state index is -0.646. The largest absolute Gasteiger partial charge is 0.412 e. The van der Waals surface area contributed by atoms with Crippen LogP contribution in [0.15, 0.2) is 48.5 Å². The Morgan fingerprint density at radius 3 is 2.48 bits per heavy atom. The number of carbonyl (C=O) groups excluding carboxylic acids is 2. The minimum absolute atomic E-state index is 0.0616. The maximum atomic E-state index is 12.9. The van der Waals surface area contributed by atoms with Crippen LogP contribution in [-0.2, 0) is 4.79 Å². The second kappa shape index (κ2) is 12.6. The summed E-state index contributed by atoms with van der Waals surface area (Å²) < 4.78 is 17.5. The summed E-state index contributed by atoms with van der Waals surface area (Å²) in [6.45, 7) is 5.92. The van der Waals surface area contributed by atoms with Crippen LogP contribution in [0.3, 0.4) is 0 Å². The van der Waals surface area contributed by atoms with Crippen molar-refractivity contribution >= 4 is 23.6 Å². The van der Waals surface area contributed by atoms with Gasteiger partial charge in [0.25, 0.3) is 0 Å². The Morgan fingerprint density at radius 1 is 1.12 bits per heavy atom. The van der Waals surface area contributed by atoms with E-state index < -0.39 is 11.9 Å². The fraction of sp³-hybridized carbons (Fsp3) is 0.440. The smallest absolute Gasteiger partial charge is 0.407 e. The number of amides is 2. The van der Waals surface area contributed by atoms with Gasteiger partial charge in [-0.25, -0.2) is 9.18 Å². The summed E-state index contributed by atoms with van der Waals surface area (Å²) in [6.07, 6.45) is 2.40. The average Bonchev–Trinajstić information content (AvgIpc) is 3.32. The van der Waals surface area contributed by atoms with Gasteiger partial charge >= 0.3 is 6.09 Å². The first-order valence-corrected chi connectivity index (χ1v) is 11.8. The average molecular weight is 476 g/mol. The molecule has 0 radical (unpaired) electrons. The lowest BCUT2D eigenvalue weighted by Gasteiger charge is -2.26. The molecule has 2 N–H and O–H groups in total. The number of carbonyl (C=O) groups is 2. The number of nitrogens with zero attached hydrogens (tertiary/aromatic N) is 1. The van der Waals surface area contributed by atoms with E-state index in [-0.39, 0.29) is 11.7 Å². The molecule has 0 bridgehead atoms. The van der Waals surface area contributed by atoms with Crippen molar-refractivity contribution in [3.05, 3.63) is 64.9 Å². The standard InChI is InChI=1S/C16H21ClN2O.C9H10FNO2/c17-15-3-1-12(2-4-15)14-7-10-19(11-14)16(20)13-5-8-18-9-6-13;1-2-11-9(12)13-8-6-4-3-5-7(8)10/h1-4,13-14,18H,5-11H2;3-6H,2H2,1H3,(H,11,12)/t14-;/m0./s1. The number of benzene rings is 2. The second-order valence-corrected chi connectivity index (χ2v) is 8.63. The molecule has 2 aromatic carbocycles. The van der Waals surface area contributed by atoms with E-state index in [1.807, 2.05) is 12.1 Å². The van der Waals surface area contributed by atoms with Crippen LogP contribution in [0.2, 0.25) is 5.02 Å². The van der Waals surface area contributed by atoms with Crippen LogP contribution >= 0.6 is 11.6 Å². The Kier molecular flexibility index (Phi) is 9.51. The molecule has 6 nitrogen and oxygen atoms in total. The SMILES string of the molecule is CCNC(=O)Oc1ccccc1F.O=C(C1CCNCC1)N1CC[C@H](c2ccc(Cl)cc2)C1. The number of piperidine rings is 1. The first-order chi connectivity index (χ1) is 16.0. The molecule has 2 aromatic rings. The summed E-state index contributed by atoms with van der Waals surface area (Å²) in [5.74, 6) is 0.461. The van der Waals surface area contributed by atoms with Gasteiger partial charge in [0.05, 0.1) is 0 Å². The molecule has 1 atom stereocenters. The van der Waals surface area contributed by atoms with E-state index in [4.69, 9.17) is 11.6 Å². The summed E-state index contributed by atoms with van der Waals surface area (Å²) >= 11 is 5.93. The lowest BCUT2D eigenvalue weighted by atomic mass is 9.96. The van der Waals surface area contributed by atoms with Crippen LogP contribution in [-0.4, -0.2) is 49.6 Å². The Balaban J connectivity index is 0.000000205. The van der Waals surface area contributed by atoms with Gasteiger partial charge < -0.3 is 20.3 Å². The molecule has 2 saturated heterocycles. The quantitative estimate of drug-likeness (QED) is 0.678. The molecule has 2 aliphatic rings. The Morgan fingerprint density at radius 2 is 1.82 bits per heavy atom. The molecule has 0 aromatic heterocycles. The highest BCUT2D eigenvalue weighted by Crippen LogP contribution is 2.30. The number of ether oxygens (including phenoxy) is 1. The maximum Gasteiger partial charge on any atom is 0.412 e. The predicted octanol–water partition coefficient (Wildman–Crippen LogP) is 4.59. The number of rotatable bonds is 4. The Labute approximate surface area is 199 Å². The van der Waals surface area contributed by atoms with Crippen molar-refractivity contribution in [2.75, 3.05) is 32.7 Å². The number of hydrogen-bond donors (Lipinski definition) is 2. The first-order valence-electron chi connectivity index (χ1n) is 11.4. The van der Waals surface area contributed by atoms with Crippen molar-refractivity contribution < 1.29 is 18.7 Å². The van der Waals surface area contributed by atoms with Crippen LogP contribution in [0.5, 0.6) is 5.75 Å². The molecule has 0 spiro atoms. The van der Waals surface area contributed by atoms with E-state index >= 15 is 0 Å². The third kappa shape index (κ3) is 7.44. The molecule has 2 amide bonds. The van der Waals surface area contributed by atoms with E-state index in [9.17, 15) is 14.0 Å². The fourth-order valence-corrected chi connectivity index (χ4v) is 4.23. The molecular formula is C25H31ClFN3O3. The van der Waals surface area contributed by atoms with Crippen molar-refractivity contribution in [2.45, 2.75) is 32.1 Å². The summed E-state index contributed by atoms with van der Waals surface area (Å²) in [5, 5.41) is 6.48. The molecule has 33 heavy (non-hydrogen) atoms. The molecule has 2 aliphatic heterocycles. The van der Waals surface area contributed by atoms with Gasteiger partial charge in [-0.15, -0.1) is 0 Å². The second-order valence-electron chi connectivity index (χ2n) is 8.20. The van der Waals surface area contributed by atoms with E-state index in [1.54, 1.807) is 13.0 Å². The monoisotopic (exact) mass is 475 g/mol. The third-order valence-corrected chi connectivity index (χ3v) is 6.14. The maximum absolute atomic E-state index is 12.9. The van der Waals surface area contributed by atoms with Crippen molar-refractivity contribution in [1.29, 1.82) is 0 Å². The zero-order valence-corrected chi connectivity index (χ0v) is 19.6. The van der Waals surface area contributed by atoms with Crippen molar-refractivity contribution in [2.24, 2.45) is 5.92 Å². The third-order valence-electron chi connectivity index (χ3n) is 5.89. The minimum Gasteiger partial charge on any atom is -0.407 e. The predicted molar refractivity (Wildman–Crippen MR) is 127 cm³/mol. The summed E-state index contributed by atoms with van der Waals surface area (Å²) in [6, 6.07) is 13.8. The molecule has 8 heteroatoms. The Bertz CT molecular complexity index is 919. The number of nitrogens with one attached hydrogen (secondary N) is 2. The van der Waals surface area contributed by atoms with Crippen LogP contribution in [0.25, 0.3) is 0 Å². The highest BCUT2D eigenvalue weighted by molar-refractivity contribution is 6.30. The highest BCUT2D eigenvalue weighted by Gasteiger charge is 2.31. The van der Waals surface area contributed by atoms with Gasteiger partial charge in [0.2, 0.25) is 5.91 Å². The number of hydrogen-bond acceptors (Lipinski definition) is 4. The fourth-order valence-electron chi connectivity index (χ4n) is 4.10. The summed E-state index contributed by atoms with van der Waals surface area (Å²) in [5.41, 5.74) is 1.30. The lowest BCUT2D eigenvalue weighted by Crippen LogP contribution is -2.39. The van der Waals surface area contributed by atoms with E-state index in [2.05, 4.69) is 32.4 Å². The van der Waals surface area contributed by atoms with Crippen molar-refractivity contribution in [3.63, 3.8) is 0 Å². The molecule has 4 rings (SSSR count). The number of halogens is 2. The summed E-state index contributed by atoms with van der Waals surface area (Å²) in [7, 11) is 0. The molecule has 0 aliphatic carbocycles.